The molecule has 1 aliphatic heterocycles. The predicted molar refractivity (Wildman–Crippen MR) is 189 cm³/mol. The van der Waals surface area contributed by atoms with Crippen molar-refractivity contribution in [2.24, 2.45) is 23.2 Å². The maximum atomic E-state index is 14.0. The van der Waals surface area contributed by atoms with Crippen LogP contribution in [-0.2, 0) is 33.2 Å². The number of allylic oxidation sites excluding steroid dienone is 1. The molecule has 46 heavy (non-hydrogen) atoms. The molecule has 0 aromatic rings. The minimum atomic E-state index is -3.37. The van der Waals surface area contributed by atoms with Gasteiger partial charge in [-0.1, -0.05) is 59.1 Å². The number of hydrogen-bond donors (Lipinski definition) is 0. The second-order valence-electron chi connectivity index (χ2n) is 17.3. The first-order valence-corrected chi connectivity index (χ1v) is 22.5. The molecule has 0 aromatic carbocycles. The van der Waals surface area contributed by atoms with Crippen LogP contribution in [0, 0.1) is 23.2 Å². The van der Waals surface area contributed by atoms with Crippen LogP contribution in [0.2, 0.25) is 18.1 Å². The van der Waals surface area contributed by atoms with E-state index in [1.165, 1.54) is 24.8 Å². The lowest BCUT2D eigenvalue weighted by Gasteiger charge is -2.45. The highest BCUT2D eigenvalue weighted by molar-refractivity contribution is 7.92. The Labute approximate surface area is 282 Å². The summed E-state index contributed by atoms with van der Waals surface area (Å²) < 4.78 is 57.3. The zero-order chi connectivity index (χ0) is 34.1. The highest BCUT2D eigenvalue weighted by atomic mass is 32.2. The standard InChI is InChI=1S/C37H66O7SSi/c1-26(14-12-18-36(5,6)43-25-41-9)31-16-17-32-27(15-13-19-37(31,32)7)20-34-29-21-28(44-46(10,11)35(2,3)4)22-33(42-24-40-8)30(29)23-45(34,38)39/h20,26,28,31-34H,12-19,21-25H2,1-11H3/b27-20+/t26-,28-,31-,32+,33+,34+,37-/m1/s1. The van der Waals surface area contributed by atoms with Gasteiger partial charge in [-0.2, -0.15) is 0 Å². The molecule has 0 aromatic heterocycles. The highest BCUT2D eigenvalue weighted by Crippen LogP contribution is 2.60. The molecule has 7 nitrogen and oxygen atoms in total. The van der Waals surface area contributed by atoms with Gasteiger partial charge in [-0.05, 0) is 111 Å². The Balaban J connectivity index is 1.55. The second-order valence-corrected chi connectivity index (χ2v) is 24.2. The van der Waals surface area contributed by atoms with Crippen molar-refractivity contribution in [3.05, 3.63) is 22.8 Å². The van der Waals surface area contributed by atoms with Crippen LogP contribution >= 0.6 is 0 Å². The maximum absolute atomic E-state index is 14.0. The van der Waals surface area contributed by atoms with Crippen molar-refractivity contribution in [2.75, 3.05) is 33.6 Å². The minimum absolute atomic E-state index is 0.0473. The summed E-state index contributed by atoms with van der Waals surface area (Å²) in [5.74, 6) is 1.83. The van der Waals surface area contributed by atoms with E-state index in [2.05, 4.69) is 67.6 Å². The van der Waals surface area contributed by atoms with Crippen LogP contribution < -0.4 is 0 Å². The van der Waals surface area contributed by atoms with Crippen LogP contribution in [0.25, 0.3) is 0 Å². The molecular formula is C37H66O7SSi. The fourth-order valence-corrected chi connectivity index (χ4v) is 12.4. The molecular weight excluding hydrogens is 617 g/mol. The zero-order valence-corrected chi connectivity index (χ0v) is 32.8. The fourth-order valence-electron chi connectivity index (χ4n) is 9.01. The van der Waals surface area contributed by atoms with Gasteiger partial charge < -0.3 is 23.4 Å². The Hall–Kier alpha value is -0.553. The van der Waals surface area contributed by atoms with Crippen LogP contribution in [0.5, 0.6) is 0 Å². The van der Waals surface area contributed by atoms with Gasteiger partial charge in [0.2, 0.25) is 0 Å². The lowest BCUT2D eigenvalue weighted by Crippen LogP contribution is -2.46. The Kier molecular flexibility index (Phi) is 12.3. The predicted octanol–water partition coefficient (Wildman–Crippen LogP) is 8.60. The van der Waals surface area contributed by atoms with E-state index in [4.69, 9.17) is 23.4 Å². The molecule has 0 radical (unpaired) electrons. The maximum Gasteiger partial charge on any atom is 0.192 e. The molecule has 0 spiro atoms. The van der Waals surface area contributed by atoms with Crippen molar-refractivity contribution in [2.45, 2.75) is 154 Å². The van der Waals surface area contributed by atoms with Gasteiger partial charge in [-0.25, -0.2) is 8.42 Å². The van der Waals surface area contributed by atoms with Crippen LogP contribution in [0.1, 0.15) is 113 Å². The number of fused-ring (bicyclic) bond motifs is 1. The summed E-state index contributed by atoms with van der Waals surface area (Å²) in [7, 11) is -2.14. The highest BCUT2D eigenvalue weighted by Gasteiger charge is 2.52. The summed E-state index contributed by atoms with van der Waals surface area (Å²) in [6.07, 6.45) is 12.4. The number of ether oxygens (including phenoxy) is 4. The Bertz CT molecular complexity index is 1220. The van der Waals surface area contributed by atoms with Gasteiger partial charge in [0.25, 0.3) is 0 Å². The van der Waals surface area contributed by atoms with E-state index in [0.717, 1.165) is 43.3 Å². The van der Waals surface area contributed by atoms with E-state index in [1.807, 2.05) is 0 Å². The van der Waals surface area contributed by atoms with Crippen LogP contribution in [0.4, 0.5) is 0 Å². The average molecular weight is 683 g/mol. The van der Waals surface area contributed by atoms with Gasteiger partial charge in [-0.15, -0.1) is 0 Å². The van der Waals surface area contributed by atoms with E-state index >= 15 is 0 Å². The van der Waals surface area contributed by atoms with Gasteiger partial charge in [0.15, 0.2) is 18.2 Å². The quantitative estimate of drug-likeness (QED) is 0.103. The zero-order valence-electron chi connectivity index (χ0n) is 31.0. The molecule has 0 amide bonds. The molecule has 9 heteroatoms. The third-order valence-corrected chi connectivity index (χ3v) is 19.0. The smallest absolute Gasteiger partial charge is 0.192 e. The molecule has 3 aliphatic carbocycles. The number of methoxy groups -OCH3 is 2. The monoisotopic (exact) mass is 682 g/mol. The summed E-state index contributed by atoms with van der Waals surface area (Å²) in [6, 6.07) is 0. The van der Waals surface area contributed by atoms with Crippen molar-refractivity contribution in [1.82, 2.24) is 0 Å². The van der Waals surface area contributed by atoms with E-state index in [1.54, 1.807) is 14.2 Å². The Morgan fingerprint density at radius 1 is 1.04 bits per heavy atom. The molecule has 7 atom stereocenters. The van der Waals surface area contributed by atoms with E-state index < -0.39 is 23.4 Å². The first-order valence-electron chi connectivity index (χ1n) is 17.9. The minimum Gasteiger partial charge on any atom is -0.414 e. The van der Waals surface area contributed by atoms with Gasteiger partial charge in [0.1, 0.15) is 18.8 Å². The SMILES string of the molecule is COCO[C@H]1C[C@H](O[Si](C)(C)C(C)(C)C)CC2=C1CS(=O)(=O)[C@H]2/C=C1\CCC[C@]2(C)[C@@H]([C@H](C)CCCC(C)(C)OCOC)CC[C@@H]12. The summed E-state index contributed by atoms with van der Waals surface area (Å²) in [4.78, 5) is 0. The fraction of sp³-hybridized carbons (Fsp3) is 0.892. The first kappa shape index (κ1) is 38.3. The number of hydrogen-bond acceptors (Lipinski definition) is 7. The second kappa shape index (κ2) is 14.7. The van der Waals surface area contributed by atoms with Crippen molar-refractivity contribution in [3.8, 4) is 0 Å². The lowest BCUT2D eigenvalue weighted by atomic mass is 9.60. The average Bonchev–Trinajstić information content (AvgIpc) is 3.43. The van der Waals surface area contributed by atoms with Crippen molar-refractivity contribution >= 4 is 18.2 Å². The molecule has 0 unspecified atom stereocenters. The Morgan fingerprint density at radius 3 is 2.39 bits per heavy atom. The van der Waals surface area contributed by atoms with Gasteiger partial charge in [0.05, 0.1) is 23.6 Å². The van der Waals surface area contributed by atoms with E-state index in [-0.39, 0.29) is 40.8 Å². The molecule has 2 fully saturated rings. The summed E-state index contributed by atoms with van der Waals surface area (Å²) >= 11 is 0. The molecule has 4 aliphatic rings. The Morgan fingerprint density at radius 2 is 1.74 bits per heavy atom. The molecule has 266 valence electrons. The number of rotatable bonds is 14. The number of sulfone groups is 1. The van der Waals surface area contributed by atoms with Crippen LogP contribution in [-0.4, -0.2) is 73.4 Å². The largest absolute Gasteiger partial charge is 0.414 e. The third-order valence-electron chi connectivity index (χ3n) is 12.6. The normalized spacial score (nSPS) is 33.4. The third kappa shape index (κ3) is 8.42. The van der Waals surface area contributed by atoms with E-state index in [0.29, 0.717) is 37.4 Å². The van der Waals surface area contributed by atoms with Crippen molar-refractivity contribution in [1.29, 1.82) is 0 Å². The molecule has 1 heterocycles. The lowest BCUT2D eigenvalue weighted by molar-refractivity contribution is -0.118. The van der Waals surface area contributed by atoms with Crippen LogP contribution in [0.15, 0.2) is 22.8 Å². The first-order chi connectivity index (χ1) is 21.3. The van der Waals surface area contributed by atoms with Gasteiger partial charge in [0, 0.05) is 20.6 Å². The topological polar surface area (TPSA) is 80.3 Å². The summed E-state index contributed by atoms with van der Waals surface area (Å²) in [6.45, 7) is 21.1. The molecule has 0 N–H and O–H groups in total. The van der Waals surface area contributed by atoms with Crippen molar-refractivity contribution in [3.63, 3.8) is 0 Å². The molecule has 2 saturated carbocycles. The summed E-state index contributed by atoms with van der Waals surface area (Å²) in [5, 5.41) is -0.491. The van der Waals surface area contributed by atoms with Crippen molar-refractivity contribution < 1.29 is 31.8 Å². The van der Waals surface area contributed by atoms with E-state index in [9.17, 15) is 8.42 Å². The van der Waals surface area contributed by atoms with Gasteiger partial charge in [-0.3, -0.25) is 0 Å². The molecule has 4 rings (SSSR count). The van der Waals surface area contributed by atoms with Crippen LogP contribution in [0.3, 0.4) is 0 Å². The summed E-state index contributed by atoms with van der Waals surface area (Å²) in [5.41, 5.74) is 3.43. The van der Waals surface area contributed by atoms with Gasteiger partial charge >= 0.3 is 0 Å². The molecule has 0 saturated heterocycles. The molecule has 0 bridgehead atoms.